The molecule has 0 radical (unpaired) electrons. The molecule has 2 N–H and O–H groups in total. The van der Waals surface area contributed by atoms with Gasteiger partial charge in [-0.25, -0.2) is 4.79 Å². The van der Waals surface area contributed by atoms with E-state index in [1.807, 2.05) is 56.3 Å². The van der Waals surface area contributed by atoms with Gasteiger partial charge in [0.2, 0.25) is 0 Å². The average molecular weight is 613 g/mol. The van der Waals surface area contributed by atoms with Crippen molar-refractivity contribution in [2.24, 2.45) is 5.92 Å². The molecule has 0 aromatic heterocycles. The van der Waals surface area contributed by atoms with Gasteiger partial charge < -0.3 is 20.1 Å². The summed E-state index contributed by atoms with van der Waals surface area (Å²) in [7, 11) is 0. The Morgan fingerprint density at radius 3 is 2.05 bits per heavy atom. The minimum atomic E-state index is -0.839. The minimum Gasteiger partial charge on any atom is -0.481 e. The van der Waals surface area contributed by atoms with E-state index in [9.17, 15) is 19.5 Å². The van der Waals surface area contributed by atoms with E-state index in [-0.39, 0.29) is 18.4 Å². The fourth-order valence-electron chi connectivity index (χ4n) is 6.31. The first-order chi connectivity index (χ1) is 21.2. The number of nitrogens with one attached hydrogen (secondary N) is 1. The first-order valence-corrected chi connectivity index (χ1v) is 15.4. The van der Waals surface area contributed by atoms with Crippen LogP contribution in [0.2, 0.25) is 5.02 Å². The van der Waals surface area contributed by atoms with Crippen molar-refractivity contribution in [2.75, 3.05) is 19.7 Å². The Morgan fingerprint density at radius 1 is 0.886 bits per heavy atom. The molecule has 7 nitrogen and oxygen atoms in total. The van der Waals surface area contributed by atoms with Crippen LogP contribution in [0.1, 0.15) is 61.6 Å². The Kier molecular flexibility index (Phi) is 9.85. The second-order valence-electron chi connectivity index (χ2n) is 11.4. The van der Waals surface area contributed by atoms with Crippen molar-refractivity contribution in [1.82, 2.24) is 10.2 Å². The number of benzene rings is 3. The third-order valence-electron chi connectivity index (χ3n) is 8.57. The number of rotatable bonds is 9. The largest absolute Gasteiger partial charge is 0.481 e. The summed E-state index contributed by atoms with van der Waals surface area (Å²) >= 11 is 6.41. The van der Waals surface area contributed by atoms with E-state index in [0.29, 0.717) is 65.5 Å². The minimum absolute atomic E-state index is 0.0430. The molecule has 2 heterocycles. The van der Waals surface area contributed by atoms with Gasteiger partial charge in [-0.15, -0.1) is 0 Å². The number of carbonyl (C=O) groups excluding carboxylic acids is 2. The van der Waals surface area contributed by atoms with Gasteiger partial charge in [-0.3, -0.25) is 9.59 Å². The van der Waals surface area contributed by atoms with Crippen LogP contribution in [-0.2, 0) is 19.1 Å². The summed E-state index contributed by atoms with van der Waals surface area (Å²) in [6.07, 6.45) is 1.35. The number of dihydropyridines is 1. The SMILES string of the molecule is CC1=C(C(=O)OCCC(c2ccccc2)c2ccccc2)C(c2cccc(Cl)c2)C(C(=O)N2CCC(C(=O)O)CC2)=C(C)N1. The van der Waals surface area contributed by atoms with Crippen molar-refractivity contribution in [3.05, 3.63) is 129 Å². The molecule has 1 amide bonds. The predicted octanol–water partition coefficient (Wildman–Crippen LogP) is 6.66. The van der Waals surface area contributed by atoms with Crippen molar-refractivity contribution in [3.63, 3.8) is 0 Å². The van der Waals surface area contributed by atoms with E-state index in [1.54, 1.807) is 23.1 Å². The van der Waals surface area contributed by atoms with Gasteiger partial charge in [0.1, 0.15) is 0 Å². The van der Waals surface area contributed by atoms with Crippen LogP contribution in [-0.4, -0.2) is 47.5 Å². The normalized spacial score (nSPS) is 17.5. The third-order valence-corrected chi connectivity index (χ3v) is 8.80. The van der Waals surface area contributed by atoms with Crippen LogP contribution < -0.4 is 5.32 Å². The summed E-state index contributed by atoms with van der Waals surface area (Å²) < 4.78 is 5.97. The van der Waals surface area contributed by atoms with Crippen molar-refractivity contribution < 1.29 is 24.2 Å². The Morgan fingerprint density at radius 2 is 1.48 bits per heavy atom. The molecule has 44 heavy (non-hydrogen) atoms. The van der Waals surface area contributed by atoms with Crippen molar-refractivity contribution in [1.29, 1.82) is 0 Å². The van der Waals surface area contributed by atoms with Gasteiger partial charge in [-0.05, 0) is 61.9 Å². The molecule has 1 unspecified atom stereocenters. The second-order valence-corrected chi connectivity index (χ2v) is 11.8. The number of hydrogen-bond acceptors (Lipinski definition) is 5. The molecule has 1 atom stereocenters. The molecule has 3 aromatic rings. The highest BCUT2D eigenvalue weighted by atomic mass is 35.5. The molecular weight excluding hydrogens is 576 g/mol. The number of ether oxygens (including phenoxy) is 1. The lowest BCUT2D eigenvalue weighted by Crippen LogP contribution is -2.44. The van der Waals surface area contributed by atoms with Crippen molar-refractivity contribution in [3.8, 4) is 0 Å². The molecule has 2 aliphatic rings. The highest BCUT2D eigenvalue weighted by molar-refractivity contribution is 6.30. The number of allylic oxidation sites excluding steroid dienone is 2. The maximum absolute atomic E-state index is 14.1. The van der Waals surface area contributed by atoms with Crippen LogP contribution in [0, 0.1) is 5.92 Å². The Balaban J connectivity index is 1.40. The molecule has 0 spiro atoms. The highest BCUT2D eigenvalue weighted by Gasteiger charge is 2.40. The molecule has 0 aliphatic carbocycles. The summed E-state index contributed by atoms with van der Waals surface area (Å²) in [6.45, 7) is 4.48. The number of carboxylic acid groups (broad SMARTS) is 1. The maximum atomic E-state index is 14.1. The summed E-state index contributed by atoms with van der Waals surface area (Å²) in [5.41, 5.74) is 5.03. The summed E-state index contributed by atoms with van der Waals surface area (Å²) in [5, 5.41) is 13.2. The lowest BCUT2D eigenvalue weighted by atomic mass is 9.79. The fraction of sp³-hybridized carbons (Fsp3) is 0.306. The number of nitrogens with zero attached hydrogens (tertiary/aromatic N) is 1. The molecule has 0 bridgehead atoms. The average Bonchev–Trinajstić information content (AvgIpc) is 3.03. The Labute approximate surface area is 263 Å². The predicted molar refractivity (Wildman–Crippen MR) is 170 cm³/mol. The van der Waals surface area contributed by atoms with Gasteiger partial charge in [0.15, 0.2) is 0 Å². The van der Waals surface area contributed by atoms with Crippen LogP contribution in [0.4, 0.5) is 0 Å². The van der Waals surface area contributed by atoms with Gasteiger partial charge in [-0.1, -0.05) is 84.4 Å². The third kappa shape index (κ3) is 6.89. The smallest absolute Gasteiger partial charge is 0.336 e. The number of carbonyl (C=O) groups is 3. The summed E-state index contributed by atoms with van der Waals surface area (Å²) in [6, 6.07) is 27.5. The van der Waals surface area contributed by atoms with Gasteiger partial charge in [0.25, 0.3) is 5.91 Å². The monoisotopic (exact) mass is 612 g/mol. The van der Waals surface area contributed by atoms with Crippen LogP contribution in [0.25, 0.3) is 0 Å². The fourth-order valence-corrected chi connectivity index (χ4v) is 6.51. The summed E-state index contributed by atoms with van der Waals surface area (Å²) in [4.78, 5) is 41.2. The molecule has 5 rings (SSSR count). The second kappa shape index (κ2) is 14.0. The standard InChI is InChI=1S/C36H37ClN2O5/c1-23-31(34(40)39-19-16-27(17-20-39)35(41)42)33(28-14-9-15-29(37)22-28)32(24(2)38-23)36(43)44-21-18-30(25-10-5-3-6-11-25)26-12-7-4-8-13-26/h3-15,22,27,30,33,38H,16-21H2,1-2H3,(H,41,42). The van der Waals surface area contributed by atoms with Crippen LogP contribution in [0.5, 0.6) is 0 Å². The quantitative estimate of drug-likeness (QED) is 0.262. The molecule has 8 heteroatoms. The van der Waals surface area contributed by atoms with E-state index in [4.69, 9.17) is 16.3 Å². The molecule has 3 aromatic carbocycles. The number of piperidine rings is 1. The van der Waals surface area contributed by atoms with Crippen LogP contribution in [0.15, 0.2) is 107 Å². The van der Waals surface area contributed by atoms with Gasteiger partial charge >= 0.3 is 11.9 Å². The highest BCUT2D eigenvalue weighted by Crippen LogP contribution is 2.41. The van der Waals surface area contributed by atoms with E-state index in [1.165, 1.54) is 0 Å². The van der Waals surface area contributed by atoms with E-state index >= 15 is 0 Å². The number of likely N-dealkylation sites (tertiary alicyclic amines) is 1. The van der Waals surface area contributed by atoms with Crippen LogP contribution in [0.3, 0.4) is 0 Å². The number of carboxylic acids is 1. The summed E-state index contributed by atoms with van der Waals surface area (Å²) in [5.74, 6) is -2.69. The number of amides is 1. The maximum Gasteiger partial charge on any atom is 0.336 e. The van der Waals surface area contributed by atoms with E-state index < -0.39 is 23.8 Å². The molecule has 2 aliphatic heterocycles. The first kappa shape index (κ1) is 31.1. The molecule has 1 saturated heterocycles. The topological polar surface area (TPSA) is 95.9 Å². The van der Waals surface area contributed by atoms with E-state index in [0.717, 1.165) is 11.1 Å². The number of hydrogen-bond donors (Lipinski definition) is 2. The number of aliphatic carboxylic acids is 1. The Hall–Kier alpha value is -4.36. The van der Waals surface area contributed by atoms with Gasteiger partial charge in [0, 0.05) is 41.0 Å². The first-order valence-electron chi connectivity index (χ1n) is 15.0. The molecular formula is C36H37ClN2O5. The van der Waals surface area contributed by atoms with Gasteiger partial charge in [-0.2, -0.15) is 0 Å². The Bertz CT molecular complexity index is 1540. The number of esters is 1. The zero-order valence-corrected chi connectivity index (χ0v) is 25.7. The van der Waals surface area contributed by atoms with Gasteiger partial charge in [0.05, 0.1) is 24.0 Å². The van der Waals surface area contributed by atoms with Crippen molar-refractivity contribution in [2.45, 2.75) is 44.9 Å². The number of halogens is 1. The molecule has 1 fully saturated rings. The molecule has 228 valence electrons. The molecule has 0 saturated carbocycles. The zero-order valence-electron chi connectivity index (χ0n) is 25.0. The zero-order chi connectivity index (χ0) is 31.2. The van der Waals surface area contributed by atoms with Crippen LogP contribution >= 0.6 is 11.6 Å². The van der Waals surface area contributed by atoms with Crippen molar-refractivity contribution >= 4 is 29.4 Å². The van der Waals surface area contributed by atoms with E-state index in [2.05, 4.69) is 29.6 Å². The lowest BCUT2D eigenvalue weighted by molar-refractivity contribution is -0.145. The lowest BCUT2D eigenvalue weighted by Gasteiger charge is -2.36.